The molecule has 6 heteroatoms. The Morgan fingerprint density at radius 3 is 2.61 bits per heavy atom. The Bertz CT molecular complexity index is 958. The second-order valence-electron chi connectivity index (χ2n) is 7.50. The predicted molar refractivity (Wildman–Crippen MR) is 108 cm³/mol. The zero-order chi connectivity index (χ0) is 20.5. The van der Waals surface area contributed by atoms with Crippen LogP contribution in [0, 0.1) is 6.92 Å². The van der Waals surface area contributed by atoms with E-state index in [-0.39, 0.29) is 11.1 Å². The number of nitrogens with zero attached hydrogens (tertiary/aromatic N) is 2. The Labute approximate surface area is 165 Å². The summed E-state index contributed by atoms with van der Waals surface area (Å²) in [6.07, 6.45) is 5.91. The first kappa shape index (κ1) is 20.1. The molecule has 0 fully saturated rings. The molecular formula is C22H28N2O4. The summed E-state index contributed by atoms with van der Waals surface area (Å²) in [6, 6.07) is 3.47. The standard InChI is InChI=1S/C22H28N2O4/c1-5-8-9-28-19-10-15-12-22(6-2,7-3)24-13-16(21(26)27)18(25)11-17(24)20(15)23-14(19)4/h10-11,13H,5-9,12H2,1-4H3,(H,26,27). The number of carbonyl (C=O) groups is 1. The Morgan fingerprint density at radius 2 is 2.00 bits per heavy atom. The third-order valence-corrected chi connectivity index (χ3v) is 5.87. The van der Waals surface area contributed by atoms with Crippen LogP contribution in [0.2, 0.25) is 0 Å². The van der Waals surface area contributed by atoms with Gasteiger partial charge in [0, 0.05) is 17.8 Å². The van der Waals surface area contributed by atoms with E-state index in [4.69, 9.17) is 9.72 Å². The molecule has 2 aromatic rings. The molecule has 0 saturated carbocycles. The number of carboxylic acid groups (broad SMARTS) is 1. The van der Waals surface area contributed by atoms with E-state index in [1.54, 1.807) is 0 Å². The molecule has 3 heterocycles. The van der Waals surface area contributed by atoms with E-state index in [0.29, 0.717) is 12.3 Å². The maximum Gasteiger partial charge on any atom is 0.341 e. The molecule has 0 saturated heterocycles. The van der Waals surface area contributed by atoms with Crippen LogP contribution in [-0.4, -0.2) is 27.2 Å². The minimum Gasteiger partial charge on any atom is -0.492 e. The number of carboxylic acids is 1. The SMILES string of the molecule is CCCCOc1cc2c(nc1C)-c1cc(=O)c(C(=O)O)cn1C(CC)(CC)C2. The molecule has 0 aliphatic carbocycles. The first-order valence-corrected chi connectivity index (χ1v) is 10.0. The normalized spacial score (nSPS) is 14.3. The van der Waals surface area contributed by atoms with Gasteiger partial charge in [-0.1, -0.05) is 27.2 Å². The quantitative estimate of drug-likeness (QED) is 0.725. The van der Waals surface area contributed by atoms with Crippen molar-refractivity contribution in [1.82, 2.24) is 9.55 Å². The third kappa shape index (κ3) is 3.32. The molecule has 0 radical (unpaired) electrons. The molecule has 6 nitrogen and oxygen atoms in total. The average molecular weight is 384 g/mol. The molecule has 0 unspecified atom stereocenters. The molecule has 0 amide bonds. The molecule has 1 aliphatic heterocycles. The van der Waals surface area contributed by atoms with Gasteiger partial charge in [0.2, 0.25) is 0 Å². The summed E-state index contributed by atoms with van der Waals surface area (Å²) in [4.78, 5) is 28.7. The molecule has 2 aromatic heterocycles. The van der Waals surface area contributed by atoms with Crippen molar-refractivity contribution in [3.63, 3.8) is 0 Å². The van der Waals surface area contributed by atoms with Crippen LogP contribution in [0.25, 0.3) is 11.4 Å². The number of rotatable bonds is 7. The van der Waals surface area contributed by atoms with Gasteiger partial charge in [-0.3, -0.25) is 4.79 Å². The lowest BCUT2D eigenvalue weighted by Crippen LogP contribution is -2.40. The van der Waals surface area contributed by atoms with Crippen molar-refractivity contribution in [2.45, 2.75) is 65.3 Å². The van der Waals surface area contributed by atoms with Crippen molar-refractivity contribution in [2.75, 3.05) is 6.61 Å². The van der Waals surface area contributed by atoms with Gasteiger partial charge >= 0.3 is 5.97 Å². The first-order chi connectivity index (χ1) is 13.4. The van der Waals surface area contributed by atoms with Crippen LogP contribution in [0.3, 0.4) is 0 Å². The van der Waals surface area contributed by atoms with Crippen LogP contribution in [0.15, 0.2) is 23.1 Å². The van der Waals surface area contributed by atoms with Crippen molar-refractivity contribution >= 4 is 5.97 Å². The summed E-state index contributed by atoms with van der Waals surface area (Å²) < 4.78 is 7.89. The lowest BCUT2D eigenvalue weighted by atomic mass is 9.80. The maximum atomic E-state index is 12.4. The second-order valence-corrected chi connectivity index (χ2v) is 7.50. The van der Waals surface area contributed by atoms with Crippen LogP contribution in [-0.2, 0) is 12.0 Å². The van der Waals surface area contributed by atoms with Gasteiger partial charge in [-0.15, -0.1) is 0 Å². The van der Waals surface area contributed by atoms with Gasteiger partial charge in [0.25, 0.3) is 0 Å². The van der Waals surface area contributed by atoms with Gasteiger partial charge in [-0.2, -0.15) is 0 Å². The van der Waals surface area contributed by atoms with E-state index < -0.39 is 11.4 Å². The van der Waals surface area contributed by atoms with E-state index in [1.807, 2.05) is 17.6 Å². The molecule has 0 aromatic carbocycles. The number of unbranched alkanes of at least 4 members (excludes halogenated alkanes) is 1. The number of fused-ring (bicyclic) bond motifs is 3. The lowest BCUT2D eigenvalue weighted by Gasteiger charge is -2.41. The molecule has 1 N–H and O–H groups in total. The Balaban J connectivity index is 2.21. The highest BCUT2D eigenvalue weighted by Crippen LogP contribution is 2.42. The van der Waals surface area contributed by atoms with Crippen molar-refractivity contribution < 1.29 is 14.6 Å². The van der Waals surface area contributed by atoms with E-state index >= 15 is 0 Å². The van der Waals surface area contributed by atoms with Crippen LogP contribution in [0.4, 0.5) is 0 Å². The van der Waals surface area contributed by atoms with Crippen LogP contribution in [0.1, 0.15) is 68.1 Å². The first-order valence-electron chi connectivity index (χ1n) is 10.0. The minimum atomic E-state index is -1.20. The number of aryl methyl sites for hydroxylation is 1. The summed E-state index contributed by atoms with van der Waals surface area (Å²) in [5.74, 6) is -0.415. The molecule has 1 aliphatic rings. The predicted octanol–water partition coefficient (Wildman–Crippen LogP) is 4.17. The Morgan fingerprint density at radius 1 is 1.29 bits per heavy atom. The highest BCUT2D eigenvalue weighted by Gasteiger charge is 2.37. The number of hydrogen-bond acceptors (Lipinski definition) is 4. The Hall–Kier alpha value is -2.63. The average Bonchev–Trinajstić information content (AvgIpc) is 2.67. The molecule has 0 atom stereocenters. The van der Waals surface area contributed by atoms with Gasteiger partial charge in [0.05, 0.1) is 23.7 Å². The smallest absolute Gasteiger partial charge is 0.341 e. The lowest BCUT2D eigenvalue weighted by molar-refractivity contribution is 0.0693. The fraction of sp³-hybridized carbons (Fsp3) is 0.500. The second kappa shape index (κ2) is 7.78. The number of ether oxygens (including phenoxy) is 1. The summed E-state index contributed by atoms with van der Waals surface area (Å²) in [5, 5.41) is 9.42. The fourth-order valence-electron chi connectivity index (χ4n) is 4.00. The molecule has 150 valence electrons. The number of hydrogen-bond donors (Lipinski definition) is 1. The Kier molecular flexibility index (Phi) is 5.59. The molecule has 28 heavy (non-hydrogen) atoms. The molecule has 0 spiro atoms. The van der Waals surface area contributed by atoms with E-state index in [1.165, 1.54) is 12.3 Å². The molecule has 0 bridgehead atoms. The zero-order valence-corrected chi connectivity index (χ0v) is 17.0. The van der Waals surface area contributed by atoms with Crippen molar-refractivity contribution in [3.05, 3.63) is 45.4 Å². The zero-order valence-electron chi connectivity index (χ0n) is 17.0. The summed E-state index contributed by atoms with van der Waals surface area (Å²) in [5.41, 5.74) is 2.26. The van der Waals surface area contributed by atoms with Crippen molar-refractivity contribution in [2.24, 2.45) is 0 Å². The monoisotopic (exact) mass is 384 g/mol. The van der Waals surface area contributed by atoms with Crippen molar-refractivity contribution in [3.8, 4) is 17.1 Å². The van der Waals surface area contributed by atoms with E-state index in [9.17, 15) is 14.7 Å². The maximum absolute atomic E-state index is 12.4. The molecular weight excluding hydrogens is 356 g/mol. The number of pyridine rings is 2. The van der Waals surface area contributed by atoms with Gasteiger partial charge < -0.3 is 14.4 Å². The number of aromatic nitrogens is 2. The highest BCUT2D eigenvalue weighted by molar-refractivity contribution is 5.87. The molecule has 3 rings (SSSR count). The summed E-state index contributed by atoms with van der Waals surface area (Å²) in [7, 11) is 0. The summed E-state index contributed by atoms with van der Waals surface area (Å²) in [6.45, 7) is 8.87. The largest absolute Gasteiger partial charge is 0.492 e. The van der Waals surface area contributed by atoms with Crippen LogP contribution >= 0.6 is 0 Å². The van der Waals surface area contributed by atoms with Crippen LogP contribution in [0.5, 0.6) is 5.75 Å². The van der Waals surface area contributed by atoms with Gasteiger partial charge in [0.1, 0.15) is 11.3 Å². The topological polar surface area (TPSA) is 81.4 Å². The van der Waals surface area contributed by atoms with E-state index in [2.05, 4.69) is 20.8 Å². The fourth-order valence-corrected chi connectivity index (χ4v) is 4.00. The third-order valence-electron chi connectivity index (χ3n) is 5.87. The van der Waals surface area contributed by atoms with Gasteiger partial charge in [-0.25, -0.2) is 9.78 Å². The number of aromatic carboxylic acids is 1. The van der Waals surface area contributed by atoms with Crippen LogP contribution < -0.4 is 10.2 Å². The van der Waals surface area contributed by atoms with Gasteiger partial charge in [-0.05, 0) is 44.2 Å². The highest BCUT2D eigenvalue weighted by atomic mass is 16.5. The summed E-state index contributed by atoms with van der Waals surface area (Å²) >= 11 is 0. The van der Waals surface area contributed by atoms with Crippen molar-refractivity contribution in [1.29, 1.82) is 0 Å². The van der Waals surface area contributed by atoms with Gasteiger partial charge in [0.15, 0.2) is 5.43 Å². The minimum absolute atomic E-state index is 0.199. The van der Waals surface area contributed by atoms with E-state index in [0.717, 1.165) is 54.8 Å².